The molecule has 0 radical (unpaired) electrons. The molecule has 1 saturated heterocycles. The van der Waals surface area contributed by atoms with Crippen LogP contribution in [0.2, 0.25) is 0 Å². The molecule has 1 fully saturated rings. The third-order valence-corrected chi connectivity index (χ3v) is 3.56. The molecule has 1 aliphatic rings. The zero-order valence-corrected chi connectivity index (χ0v) is 10.8. The van der Waals surface area contributed by atoms with Crippen LogP contribution in [-0.2, 0) is 11.3 Å². The maximum absolute atomic E-state index is 13.7. The average molecular weight is 266 g/mol. The van der Waals surface area contributed by atoms with Crippen molar-refractivity contribution in [1.29, 1.82) is 5.26 Å². The average Bonchev–Trinajstić information content (AvgIpc) is 2.38. The summed E-state index contributed by atoms with van der Waals surface area (Å²) in [6.07, 6.45) is 1.62. The maximum atomic E-state index is 13.7. The van der Waals surface area contributed by atoms with Crippen LogP contribution >= 0.6 is 0 Å². The van der Waals surface area contributed by atoms with Crippen LogP contribution in [0, 0.1) is 23.0 Å². The van der Waals surface area contributed by atoms with Crippen LogP contribution in [-0.4, -0.2) is 18.8 Å². The zero-order chi connectivity index (χ0) is 13.9. The van der Waals surface area contributed by atoms with Gasteiger partial charge in [0, 0.05) is 30.9 Å². The van der Waals surface area contributed by atoms with E-state index in [4.69, 9.17) is 10.00 Å². The monoisotopic (exact) mass is 266 g/mol. The molecule has 0 aliphatic carbocycles. The number of halogens is 2. The van der Waals surface area contributed by atoms with E-state index in [0.29, 0.717) is 13.2 Å². The molecule has 1 N–H and O–H groups in total. The molecule has 102 valence electrons. The summed E-state index contributed by atoms with van der Waals surface area (Å²) in [5.41, 5.74) is -0.187. The van der Waals surface area contributed by atoms with Crippen LogP contribution in [0.5, 0.6) is 0 Å². The van der Waals surface area contributed by atoms with Gasteiger partial charge in [0.1, 0.15) is 11.6 Å². The van der Waals surface area contributed by atoms with Crippen molar-refractivity contribution in [1.82, 2.24) is 5.32 Å². The smallest absolute Gasteiger partial charge is 0.131 e. The van der Waals surface area contributed by atoms with Gasteiger partial charge in [-0.3, -0.25) is 0 Å². The lowest BCUT2D eigenvalue weighted by Gasteiger charge is -2.34. The third kappa shape index (κ3) is 3.28. The van der Waals surface area contributed by atoms with E-state index in [-0.39, 0.29) is 23.2 Å². The summed E-state index contributed by atoms with van der Waals surface area (Å²) >= 11 is 0. The third-order valence-electron chi connectivity index (χ3n) is 3.56. The SMILES string of the molecule is CC1(NCc2c(F)cc(C#N)cc2F)CCOCC1. The molecular weight excluding hydrogens is 250 g/mol. The van der Waals surface area contributed by atoms with E-state index in [0.717, 1.165) is 25.0 Å². The number of benzene rings is 1. The van der Waals surface area contributed by atoms with E-state index in [2.05, 4.69) is 5.32 Å². The molecule has 5 heteroatoms. The summed E-state index contributed by atoms with van der Waals surface area (Å²) in [5.74, 6) is -1.36. The predicted octanol–water partition coefficient (Wildman–Crippen LogP) is 2.50. The summed E-state index contributed by atoms with van der Waals surface area (Å²) in [4.78, 5) is 0. The van der Waals surface area contributed by atoms with Gasteiger partial charge in [-0.05, 0) is 31.9 Å². The Labute approximate surface area is 111 Å². The van der Waals surface area contributed by atoms with E-state index in [9.17, 15) is 8.78 Å². The minimum Gasteiger partial charge on any atom is -0.381 e. The molecule has 0 amide bonds. The molecule has 1 aliphatic heterocycles. The molecule has 0 unspecified atom stereocenters. The molecule has 3 nitrogen and oxygen atoms in total. The van der Waals surface area contributed by atoms with Crippen LogP contribution in [0.3, 0.4) is 0 Å². The topological polar surface area (TPSA) is 45.0 Å². The van der Waals surface area contributed by atoms with Crippen molar-refractivity contribution in [2.24, 2.45) is 0 Å². The maximum Gasteiger partial charge on any atom is 0.131 e. The summed E-state index contributed by atoms with van der Waals surface area (Å²) in [6.45, 7) is 3.44. The fraction of sp³-hybridized carbons (Fsp3) is 0.500. The van der Waals surface area contributed by atoms with Crippen molar-refractivity contribution >= 4 is 0 Å². The second-order valence-corrected chi connectivity index (χ2v) is 5.06. The number of ether oxygens (including phenoxy) is 1. The first-order valence-corrected chi connectivity index (χ1v) is 6.25. The lowest BCUT2D eigenvalue weighted by atomic mass is 9.92. The Bertz CT molecular complexity index is 482. The summed E-state index contributed by atoms with van der Waals surface area (Å²) < 4.78 is 32.7. The van der Waals surface area contributed by atoms with Crippen molar-refractivity contribution in [2.75, 3.05) is 13.2 Å². The highest BCUT2D eigenvalue weighted by atomic mass is 19.1. The van der Waals surface area contributed by atoms with Crippen molar-refractivity contribution < 1.29 is 13.5 Å². The van der Waals surface area contributed by atoms with Gasteiger partial charge in [-0.15, -0.1) is 0 Å². The second kappa shape index (κ2) is 5.64. The first kappa shape index (κ1) is 13.9. The van der Waals surface area contributed by atoms with Gasteiger partial charge < -0.3 is 10.1 Å². The van der Waals surface area contributed by atoms with Gasteiger partial charge in [-0.25, -0.2) is 8.78 Å². The Hall–Kier alpha value is -1.51. The first-order valence-electron chi connectivity index (χ1n) is 6.25. The predicted molar refractivity (Wildman–Crippen MR) is 66.4 cm³/mol. The molecule has 0 aromatic heterocycles. The second-order valence-electron chi connectivity index (χ2n) is 5.06. The highest BCUT2D eigenvalue weighted by Crippen LogP contribution is 2.22. The quantitative estimate of drug-likeness (QED) is 0.914. The highest BCUT2D eigenvalue weighted by Gasteiger charge is 2.27. The van der Waals surface area contributed by atoms with Crippen LogP contribution in [0.15, 0.2) is 12.1 Å². The molecule has 0 saturated carbocycles. The Morgan fingerprint density at radius 1 is 1.32 bits per heavy atom. The minimum absolute atomic E-state index is 0.00368. The van der Waals surface area contributed by atoms with Crippen LogP contribution < -0.4 is 5.32 Å². The fourth-order valence-corrected chi connectivity index (χ4v) is 2.14. The van der Waals surface area contributed by atoms with Gasteiger partial charge in [0.25, 0.3) is 0 Å². The molecule has 0 bridgehead atoms. The highest BCUT2D eigenvalue weighted by molar-refractivity contribution is 5.34. The van der Waals surface area contributed by atoms with Crippen LogP contribution in [0.25, 0.3) is 0 Å². The Morgan fingerprint density at radius 2 is 1.89 bits per heavy atom. The van der Waals surface area contributed by atoms with Crippen molar-refractivity contribution in [3.63, 3.8) is 0 Å². The lowest BCUT2D eigenvalue weighted by molar-refractivity contribution is 0.0444. The van der Waals surface area contributed by atoms with Crippen molar-refractivity contribution in [2.45, 2.75) is 31.8 Å². The largest absolute Gasteiger partial charge is 0.381 e. The van der Waals surface area contributed by atoms with Crippen LogP contribution in [0.4, 0.5) is 8.78 Å². The normalized spacial score (nSPS) is 18.0. The number of rotatable bonds is 3. The Kier molecular flexibility index (Phi) is 4.13. The molecule has 0 atom stereocenters. The summed E-state index contributed by atoms with van der Waals surface area (Å²) in [7, 11) is 0. The van der Waals surface area contributed by atoms with Gasteiger partial charge in [0.2, 0.25) is 0 Å². The van der Waals surface area contributed by atoms with Gasteiger partial charge >= 0.3 is 0 Å². The molecule has 19 heavy (non-hydrogen) atoms. The van der Waals surface area contributed by atoms with E-state index < -0.39 is 11.6 Å². The fourth-order valence-electron chi connectivity index (χ4n) is 2.14. The molecule has 2 rings (SSSR count). The first-order chi connectivity index (χ1) is 9.04. The molecule has 1 heterocycles. The summed E-state index contributed by atoms with van der Waals surface area (Å²) in [6, 6.07) is 3.86. The van der Waals surface area contributed by atoms with E-state index >= 15 is 0 Å². The molecule has 1 aromatic carbocycles. The Balaban J connectivity index is 2.09. The molecule has 0 spiro atoms. The number of hydrogen-bond donors (Lipinski definition) is 1. The lowest BCUT2D eigenvalue weighted by Crippen LogP contribution is -2.46. The standard InChI is InChI=1S/C14H16F2N2O/c1-14(2-4-19-5-3-14)18-9-11-12(15)6-10(8-17)7-13(11)16/h6-7,18H,2-5,9H2,1H3. The van der Waals surface area contributed by atoms with E-state index in [1.54, 1.807) is 6.07 Å². The van der Waals surface area contributed by atoms with Crippen LogP contribution in [0.1, 0.15) is 30.9 Å². The minimum atomic E-state index is -0.681. The van der Waals surface area contributed by atoms with Crippen molar-refractivity contribution in [3.8, 4) is 6.07 Å². The molecular formula is C14H16F2N2O. The zero-order valence-electron chi connectivity index (χ0n) is 10.8. The van der Waals surface area contributed by atoms with Crippen molar-refractivity contribution in [3.05, 3.63) is 34.9 Å². The summed E-state index contributed by atoms with van der Waals surface area (Å²) in [5, 5.41) is 11.8. The molecule has 1 aromatic rings. The Morgan fingerprint density at radius 3 is 2.42 bits per heavy atom. The van der Waals surface area contributed by atoms with E-state index in [1.807, 2.05) is 6.92 Å². The number of hydrogen-bond acceptors (Lipinski definition) is 3. The van der Waals surface area contributed by atoms with Gasteiger partial charge in [-0.1, -0.05) is 0 Å². The van der Waals surface area contributed by atoms with Gasteiger partial charge in [0.15, 0.2) is 0 Å². The number of nitrogens with one attached hydrogen (secondary N) is 1. The van der Waals surface area contributed by atoms with E-state index in [1.165, 1.54) is 0 Å². The number of nitrogens with zero attached hydrogens (tertiary/aromatic N) is 1. The van der Waals surface area contributed by atoms with Gasteiger partial charge in [-0.2, -0.15) is 5.26 Å². The van der Waals surface area contributed by atoms with Gasteiger partial charge in [0.05, 0.1) is 11.6 Å². The number of nitriles is 1.